The molecule has 1 N–H and O–H groups in total. The summed E-state index contributed by atoms with van der Waals surface area (Å²) in [5.74, 6) is 0.368. The van der Waals surface area contributed by atoms with E-state index in [0.717, 1.165) is 77.9 Å². The van der Waals surface area contributed by atoms with Gasteiger partial charge in [-0.1, -0.05) is 31.4 Å². The Morgan fingerprint density at radius 1 is 1.07 bits per heavy atom. The van der Waals surface area contributed by atoms with Gasteiger partial charge in [-0.05, 0) is 64.6 Å². The highest BCUT2D eigenvalue weighted by Gasteiger charge is 2.28. The minimum Gasteiger partial charge on any atom is -0.315 e. The molecule has 1 aliphatic heterocycles. The Balaban J connectivity index is 1.38. The minimum atomic E-state index is -0.197. The summed E-state index contributed by atoms with van der Waals surface area (Å²) < 4.78 is 1.98. The van der Waals surface area contributed by atoms with Crippen molar-refractivity contribution in [2.75, 3.05) is 58.9 Å². The smallest absolute Gasteiger partial charge is 0.269 e. The molecular weight excluding hydrogens is 516 g/mol. The second kappa shape index (κ2) is 13.4. The van der Waals surface area contributed by atoms with Crippen LogP contribution < -0.4 is 10.4 Å². The number of carbonyl (C=O) groups is 1. The van der Waals surface area contributed by atoms with Gasteiger partial charge in [-0.2, -0.15) is 15.2 Å². The van der Waals surface area contributed by atoms with Crippen molar-refractivity contribution < 1.29 is 4.79 Å². The predicted molar refractivity (Wildman–Crippen MR) is 159 cm³/mol. The standard InChI is InChI=1S/C30H42N10O/c1-36(2)14-7-15-39-22-32-27-28(39)33-26(20-31)34-29(27)40(25-8-5-4-6-9-25)35-30(41)24-12-10-23(11-13-24)21-38-18-16-37(3)17-19-38/h10-13,22,25H,4-9,14-19,21H2,1-3H3,(H,35,41). The van der Waals surface area contributed by atoms with E-state index >= 15 is 0 Å². The van der Waals surface area contributed by atoms with Gasteiger partial charge in [0.2, 0.25) is 5.82 Å². The lowest BCUT2D eigenvalue weighted by atomic mass is 9.95. The van der Waals surface area contributed by atoms with E-state index in [9.17, 15) is 10.1 Å². The molecule has 41 heavy (non-hydrogen) atoms. The third kappa shape index (κ3) is 7.19. The molecule has 3 aromatic rings. The molecule has 11 heteroatoms. The van der Waals surface area contributed by atoms with E-state index in [4.69, 9.17) is 0 Å². The normalized spacial score (nSPS) is 17.1. The molecule has 0 bridgehead atoms. The number of aryl methyl sites for hydroxylation is 1. The van der Waals surface area contributed by atoms with Gasteiger partial charge in [-0.25, -0.2) is 4.98 Å². The fraction of sp³-hybridized carbons (Fsp3) is 0.567. The topological polar surface area (TPSA) is 109 Å². The van der Waals surface area contributed by atoms with Crippen LogP contribution in [0.1, 0.15) is 60.3 Å². The predicted octanol–water partition coefficient (Wildman–Crippen LogP) is 2.88. The summed E-state index contributed by atoms with van der Waals surface area (Å²) in [7, 11) is 6.25. The monoisotopic (exact) mass is 558 g/mol. The van der Waals surface area contributed by atoms with Crippen LogP contribution >= 0.6 is 0 Å². The van der Waals surface area contributed by atoms with Crippen molar-refractivity contribution in [1.29, 1.82) is 5.26 Å². The van der Waals surface area contributed by atoms with E-state index in [-0.39, 0.29) is 17.8 Å². The van der Waals surface area contributed by atoms with Crippen molar-refractivity contribution in [3.05, 3.63) is 47.5 Å². The lowest BCUT2D eigenvalue weighted by molar-refractivity contribution is 0.0941. The Hall–Kier alpha value is -3.59. The van der Waals surface area contributed by atoms with Crippen LogP contribution in [0.4, 0.5) is 5.82 Å². The zero-order valence-corrected chi connectivity index (χ0v) is 24.6. The average Bonchev–Trinajstić information content (AvgIpc) is 3.40. The summed E-state index contributed by atoms with van der Waals surface area (Å²) in [5, 5.41) is 11.6. The van der Waals surface area contributed by atoms with E-state index in [1.807, 2.05) is 47.9 Å². The number of nitrogens with one attached hydrogen (secondary N) is 1. The lowest BCUT2D eigenvalue weighted by Crippen LogP contribution is -2.50. The van der Waals surface area contributed by atoms with Crippen LogP contribution in [0.25, 0.3) is 11.2 Å². The number of nitrogens with zero attached hydrogens (tertiary/aromatic N) is 9. The van der Waals surface area contributed by atoms with Crippen LogP contribution in [0, 0.1) is 11.3 Å². The number of aromatic nitrogens is 4. The number of likely N-dealkylation sites (N-methyl/N-ethyl adjacent to an activating group) is 1. The Labute approximate surface area is 242 Å². The highest BCUT2D eigenvalue weighted by molar-refractivity contribution is 5.96. The van der Waals surface area contributed by atoms with Crippen LogP contribution in [0.5, 0.6) is 0 Å². The molecule has 2 fully saturated rings. The number of hydrazine groups is 1. The number of benzene rings is 1. The highest BCUT2D eigenvalue weighted by Crippen LogP contribution is 2.29. The summed E-state index contributed by atoms with van der Waals surface area (Å²) in [6, 6.07) is 10.1. The SMILES string of the molecule is CN(C)CCCn1cnc2c(N(NC(=O)c3ccc(CN4CCN(C)CC4)cc3)C3CCCCC3)nc(C#N)nc21. The maximum absolute atomic E-state index is 13.6. The molecule has 0 atom stereocenters. The Bertz CT molecular complexity index is 1350. The molecule has 1 amide bonds. The van der Waals surface area contributed by atoms with Gasteiger partial charge in [-0.15, -0.1) is 0 Å². The van der Waals surface area contributed by atoms with Crippen LogP contribution in [-0.4, -0.2) is 100 Å². The first-order valence-electron chi connectivity index (χ1n) is 14.8. The van der Waals surface area contributed by atoms with Crippen molar-refractivity contribution >= 4 is 22.9 Å². The van der Waals surface area contributed by atoms with Gasteiger partial charge in [0.05, 0.1) is 12.4 Å². The van der Waals surface area contributed by atoms with Crippen molar-refractivity contribution in [3.8, 4) is 6.07 Å². The fourth-order valence-corrected chi connectivity index (χ4v) is 5.72. The Morgan fingerprint density at radius 3 is 2.49 bits per heavy atom. The first kappa shape index (κ1) is 28.9. The summed E-state index contributed by atoms with van der Waals surface area (Å²) in [5.41, 5.74) is 6.17. The second-order valence-electron chi connectivity index (χ2n) is 11.6. The Morgan fingerprint density at radius 2 is 1.80 bits per heavy atom. The molecule has 2 aromatic heterocycles. The van der Waals surface area contributed by atoms with Gasteiger partial charge in [-0.3, -0.25) is 20.1 Å². The van der Waals surface area contributed by atoms with Gasteiger partial charge in [0.15, 0.2) is 17.0 Å². The molecule has 3 heterocycles. The van der Waals surface area contributed by atoms with Gasteiger partial charge in [0, 0.05) is 44.8 Å². The van der Waals surface area contributed by atoms with Gasteiger partial charge >= 0.3 is 0 Å². The lowest BCUT2D eigenvalue weighted by Gasteiger charge is -2.35. The summed E-state index contributed by atoms with van der Waals surface area (Å²) in [6.45, 7) is 6.81. The van der Waals surface area contributed by atoms with Gasteiger partial charge in [0.25, 0.3) is 5.91 Å². The maximum Gasteiger partial charge on any atom is 0.269 e. The Kier molecular flexibility index (Phi) is 9.44. The molecule has 2 aliphatic rings. The molecule has 1 saturated heterocycles. The number of hydrogen-bond donors (Lipinski definition) is 1. The van der Waals surface area contributed by atoms with Crippen LogP contribution in [0.15, 0.2) is 30.6 Å². The number of hydrogen-bond acceptors (Lipinski definition) is 9. The quantitative estimate of drug-likeness (QED) is 0.376. The van der Waals surface area contributed by atoms with E-state index in [1.165, 1.54) is 12.0 Å². The van der Waals surface area contributed by atoms with E-state index < -0.39 is 0 Å². The van der Waals surface area contributed by atoms with Crippen molar-refractivity contribution in [3.63, 3.8) is 0 Å². The molecule has 1 aliphatic carbocycles. The van der Waals surface area contributed by atoms with Gasteiger partial charge in [0.1, 0.15) is 6.07 Å². The van der Waals surface area contributed by atoms with Gasteiger partial charge < -0.3 is 14.4 Å². The zero-order chi connectivity index (χ0) is 28.8. The maximum atomic E-state index is 13.6. The molecule has 0 unspecified atom stereocenters. The highest BCUT2D eigenvalue weighted by atomic mass is 16.2. The summed E-state index contributed by atoms with van der Waals surface area (Å²) >= 11 is 0. The van der Waals surface area contributed by atoms with Crippen LogP contribution in [-0.2, 0) is 13.1 Å². The zero-order valence-electron chi connectivity index (χ0n) is 24.6. The molecule has 0 radical (unpaired) electrons. The third-order valence-corrected chi connectivity index (χ3v) is 8.16. The number of imidazole rings is 1. The molecular formula is C30H42N10O. The molecule has 1 saturated carbocycles. The minimum absolute atomic E-state index is 0.0627. The van der Waals surface area contributed by atoms with E-state index in [2.05, 4.69) is 48.2 Å². The van der Waals surface area contributed by atoms with E-state index in [1.54, 1.807) is 6.33 Å². The molecule has 1 aromatic carbocycles. The fourth-order valence-electron chi connectivity index (χ4n) is 5.72. The second-order valence-corrected chi connectivity index (χ2v) is 11.6. The molecule has 218 valence electrons. The van der Waals surface area contributed by atoms with Crippen LogP contribution in [0.3, 0.4) is 0 Å². The number of fused-ring (bicyclic) bond motifs is 1. The first-order valence-corrected chi connectivity index (χ1v) is 14.8. The molecule has 0 spiro atoms. The number of piperazine rings is 1. The molecule has 5 rings (SSSR count). The average molecular weight is 559 g/mol. The van der Waals surface area contributed by atoms with Crippen molar-refractivity contribution in [1.82, 2.24) is 39.6 Å². The molecule has 11 nitrogen and oxygen atoms in total. The summed E-state index contributed by atoms with van der Waals surface area (Å²) in [4.78, 5) is 34.3. The number of rotatable bonds is 10. The third-order valence-electron chi connectivity index (χ3n) is 8.16. The van der Waals surface area contributed by atoms with Crippen molar-refractivity contribution in [2.24, 2.45) is 0 Å². The van der Waals surface area contributed by atoms with Crippen LogP contribution in [0.2, 0.25) is 0 Å². The number of carbonyl (C=O) groups excluding carboxylic acids is 1. The summed E-state index contributed by atoms with van der Waals surface area (Å²) in [6.07, 6.45) is 7.89. The van der Waals surface area contributed by atoms with E-state index in [0.29, 0.717) is 22.5 Å². The first-order chi connectivity index (χ1) is 19.9. The van der Waals surface area contributed by atoms with Crippen molar-refractivity contribution in [2.45, 2.75) is 57.7 Å². The number of anilines is 1. The largest absolute Gasteiger partial charge is 0.315 e. The number of nitriles is 1. The number of amides is 1.